The zero-order valence-electron chi connectivity index (χ0n) is 24.7. The average Bonchev–Trinajstić information content (AvgIpc) is 3.07. The number of aliphatic hydroxyl groups is 2. The number of fused-ring (bicyclic) bond motifs is 4. The quantitative estimate of drug-likeness (QED) is 0.117. The van der Waals surface area contributed by atoms with E-state index in [0.717, 1.165) is 29.4 Å². The Kier molecular flexibility index (Phi) is 7.73. The summed E-state index contributed by atoms with van der Waals surface area (Å²) in [7, 11) is 1.12. The number of benzene rings is 4. The van der Waals surface area contributed by atoms with E-state index in [1.807, 2.05) is 72.8 Å². The van der Waals surface area contributed by atoms with Crippen molar-refractivity contribution in [2.24, 2.45) is 5.41 Å². The molecule has 0 saturated carbocycles. The van der Waals surface area contributed by atoms with Crippen LogP contribution in [0.2, 0.25) is 0 Å². The molecule has 0 aromatic heterocycles. The summed E-state index contributed by atoms with van der Waals surface area (Å²) in [6.07, 6.45) is 0.433. The van der Waals surface area contributed by atoms with E-state index in [2.05, 4.69) is 23.7 Å². The maximum Gasteiger partial charge on any atom is 0.321 e. The molecular formula is C39H30O6. The summed E-state index contributed by atoms with van der Waals surface area (Å²) in [5, 5.41) is 24.0. The molecule has 6 rings (SSSR count). The van der Waals surface area contributed by atoms with E-state index >= 15 is 0 Å². The molecule has 222 valence electrons. The molecule has 4 aromatic rings. The van der Waals surface area contributed by atoms with Gasteiger partial charge in [-0.15, -0.1) is 0 Å². The molecular weight excluding hydrogens is 564 g/mol. The molecule has 45 heavy (non-hydrogen) atoms. The Morgan fingerprint density at radius 1 is 0.689 bits per heavy atom. The van der Waals surface area contributed by atoms with E-state index in [4.69, 9.17) is 4.74 Å². The van der Waals surface area contributed by atoms with E-state index in [1.54, 1.807) is 24.3 Å². The van der Waals surface area contributed by atoms with Crippen LogP contribution in [0.5, 0.6) is 0 Å². The molecule has 0 bridgehead atoms. The third-order valence-corrected chi connectivity index (χ3v) is 8.86. The van der Waals surface area contributed by atoms with Crippen LogP contribution in [0, 0.1) is 29.1 Å². The third kappa shape index (κ3) is 4.95. The first-order valence-electron chi connectivity index (χ1n) is 14.6. The Morgan fingerprint density at radius 3 is 1.33 bits per heavy atom. The standard InChI is InChI=1S/C39H30O6/c1-45-36(42)37(35(41)26-40,20-10-22-38(43)31-16-6-2-12-27(31)24-28-13-3-7-17-32(28)38)21-11-23-39(44)33-18-8-4-14-29(33)25-30-15-5-9-19-34(30)39/h2-9,12-19,26,43-44H,20-21,24-25H2,1H3. The maximum absolute atomic E-state index is 13.3. The number of ketones is 1. The van der Waals surface area contributed by atoms with Crippen LogP contribution in [-0.2, 0) is 43.2 Å². The first kappa shape index (κ1) is 29.8. The molecule has 2 N–H and O–H groups in total. The molecule has 2 aliphatic rings. The second kappa shape index (κ2) is 11.7. The van der Waals surface area contributed by atoms with Gasteiger partial charge in [0.1, 0.15) is 0 Å². The largest absolute Gasteiger partial charge is 0.468 e. The van der Waals surface area contributed by atoms with Crippen LogP contribution in [0.25, 0.3) is 0 Å². The van der Waals surface area contributed by atoms with Gasteiger partial charge in [0.05, 0.1) is 7.11 Å². The van der Waals surface area contributed by atoms with E-state index in [0.29, 0.717) is 35.1 Å². The van der Waals surface area contributed by atoms with Crippen LogP contribution in [0.1, 0.15) is 57.3 Å². The van der Waals surface area contributed by atoms with Gasteiger partial charge < -0.3 is 14.9 Å². The van der Waals surface area contributed by atoms with Crippen molar-refractivity contribution in [1.82, 2.24) is 0 Å². The Hall–Kier alpha value is -5.27. The summed E-state index contributed by atoms with van der Waals surface area (Å²) in [5.41, 5.74) is 0.554. The van der Waals surface area contributed by atoms with E-state index in [1.165, 1.54) is 0 Å². The molecule has 0 spiro atoms. The van der Waals surface area contributed by atoms with Gasteiger partial charge in [-0.1, -0.05) is 121 Å². The van der Waals surface area contributed by atoms with Crippen molar-refractivity contribution < 1.29 is 29.3 Å². The van der Waals surface area contributed by atoms with Crippen molar-refractivity contribution >= 4 is 18.0 Å². The predicted molar refractivity (Wildman–Crippen MR) is 168 cm³/mol. The minimum atomic E-state index is -2.08. The van der Waals surface area contributed by atoms with Gasteiger partial charge in [0.2, 0.25) is 5.78 Å². The minimum absolute atomic E-state index is 0.0696. The summed E-state index contributed by atoms with van der Waals surface area (Å²) < 4.78 is 5.02. The lowest BCUT2D eigenvalue weighted by atomic mass is 9.73. The Morgan fingerprint density at radius 2 is 1.02 bits per heavy atom. The van der Waals surface area contributed by atoms with Crippen LogP contribution in [0.4, 0.5) is 0 Å². The van der Waals surface area contributed by atoms with Gasteiger partial charge in [-0.05, 0) is 35.1 Å². The highest BCUT2D eigenvalue weighted by Crippen LogP contribution is 2.41. The van der Waals surface area contributed by atoms with E-state index in [9.17, 15) is 24.6 Å². The highest BCUT2D eigenvalue weighted by atomic mass is 16.5. The van der Waals surface area contributed by atoms with Crippen molar-refractivity contribution in [1.29, 1.82) is 0 Å². The lowest BCUT2D eigenvalue weighted by Gasteiger charge is -2.33. The fourth-order valence-electron chi connectivity index (χ4n) is 6.52. The molecule has 0 amide bonds. The number of rotatable bonds is 5. The van der Waals surface area contributed by atoms with Crippen LogP contribution < -0.4 is 0 Å². The highest BCUT2D eigenvalue weighted by molar-refractivity contribution is 6.33. The number of methoxy groups -OCH3 is 1. The SMILES string of the molecule is COC(=O)C(CC#CC1(O)c2ccccc2Cc2ccccc21)(CC#CC1(O)c2ccccc2Cc2ccccc21)C(=O)C=O. The lowest BCUT2D eigenvalue weighted by molar-refractivity contribution is -0.158. The Bertz CT molecular complexity index is 1750. The molecule has 0 atom stereocenters. The first-order valence-corrected chi connectivity index (χ1v) is 14.6. The molecule has 6 heteroatoms. The van der Waals surface area contributed by atoms with Gasteiger partial charge in [-0.25, -0.2) is 0 Å². The topological polar surface area (TPSA) is 101 Å². The van der Waals surface area contributed by atoms with Crippen molar-refractivity contribution in [3.05, 3.63) is 142 Å². The number of esters is 1. The molecule has 0 aliphatic heterocycles. The smallest absolute Gasteiger partial charge is 0.321 e. The second-order valence-electron chi connectivity index (χ2n) is 11.4. The first-order chi connectivity index (χ1) is 21.8. The number of carbonyl (C=O) groups is 3. The van der Waals surface area contributed by atoms with Gasteiger partial charge >= 0.3 is 5.97 Å². The van der Waals surface area contributed by atoms with Crippen molar-refractivity contribution in [3.63, 3.8) is 0 Å². The summed E-state index contributed by atoms with van der Waals surface area (Å²) in [4.78, 5) is 38.4. The highest BCUT2D eigenvalue weighted by Gasteiger charge is 2.47. The van der Waals surface area contributed by atoms with Crippen LogP contribution in [0.3, 0.4) is 0 Å². The molecule has 2 aliphatic carbocycles. The van der Waals surface area contributed by atoms with Gasteiger partial charge in [0.25, 0.3) is 0 Å². The molecule has 4 aromatic carbocycles. The second-order valence-corrected chi connectivity index (χ2v) is 11.4. The third-order valence-electron chi connectivity index (χ3n) is 8.86. The monoisotopic (exact) mass is 594 g/mol. The molecule has 0 heterocycles. The number of hydrogen-bond acceptors (Lipinski definition) is 6. The molecule has 0 saturated heterocycles. The number of aldehydes is 1. The molecule has 6 nitrogen and oxygen atoms in total. The van der Waals surface area contributed by atoms with E-state index in [-0.39, 0.29) is 6.29 Å². The van der Waals surface area contributed by atoms with Gasteiger partial charge in [0, 0.05) is 35.1 Å². The number of carbonyl (C=O) groups excluding carboxylic acids is 3. The number of hydrogen-bond donors (Lipinski definition) is 2. The fourth-order valence-corrected chi connectivity index (χ4v) is 6.52. The number of ether oxygens (including phenoxy) is 1. The van der Waals surface area contributed by atoms with E-state index < -0.39 is 41.2 Å². The maximum atomic E-state index is 13.3. The molecule has 0 unspecified atom stereocenters. The van der Waals surface area contributed by atoms with Crippen LogP contribution in [0.15, 0.2) is 97.1 Å². The minimum Gasteiger partial charge on any atom is -0.468 e. The zero-order chi connectivity index (χ0) is 31.7. The lowest BCUT2D eigenvalue weighted by Crippen LogP contribution is -2.41. The normalized spacial score (nSPS) is 14.8. The van der Waals surface area contributed by atoms with Crippen LogP contribution >= 0.6 is 0 Å². The van der Waals surface area contributed by atoms with Crippen molar-refractivity contribution in [2.45, 2.75) is 36.9 Å². The Labute approximate surface area is 261 Å². The fraction of sp³-hybridized carbons (Fsp3) is 0.205. The van der Waals surface area contributed by atoms with Gasteiger partial charge in [-0.2, -0.15) is 0 Å². The van der Waals surface area contributed by atoms with Crippen molar-refractivity contribution in [3.8, 4) is 23.7 Å². The van der Waals surface area contributed by atoms with Crippen LogP contribution in [-0.4, -0.2) is 35.4 Å². The average molecular weight is 595 g/mol. The predicted octanol–water partition coefficient (Wildman–Crippen LogP) is 4.38. The molecule has 0 fully saturated rings. The summed E-state index contributed by atoms with van der Waals surface area (Å²) >= 11 is 0. The van der Waals surface area contributed by atoms with Gasteiger partial charge in [0.15, 0.2) is 22.9 Å². The summed E-state index contributed by atoms with van der Waals surface area (Å²) in [5.74, 6) is 9.57. The van der Waals surface area contributed by atoms with Gasteiger partial charge in [-0.3, -0.25) is 14.4 Å². The summed E-state index contributed by atoms with van der Waals surface area (Å²) in [6, 6.07) is 29.7. The summed E-state index contributed by atoms with van der Waals surface area (Å²) in [6.45, 7) is 0. The zero-order valence-corrected chi connectivity index (χ0v) is 24.7. The molecule has 0 radical (unpaired) electrons. The number of Topliss-reactive ketones (excluding diaryl/α,β-unsaturated/α-hetero) is 1. The Balaban J connectivity index is 1.42. The van der Waals surface area contributed by atoms with Crippen molar-refractivity contribution in [2.75, 3.05) is 7.11 Å².